The minimum atomic E-state index is -1.27. The second-order valence-corrected chi connectivity index (χ2v) is 5.66. The number of carbonyl (C=O) groups is 4. The number of nitrogens with zero attached hydrogens (tertiary/aromatic N) is 1. The van der Waals surface area contributed by atoms with Crippen LogP contribution < -0.4 is 10.4 Å². The smallest absolute Gasteiger partial charge is 0.331 e. The highest BCUT2D eigenvalue weighted by molar-refractivity contribution is 6.14. The van der Waals surface area contributed by atoms with Crippen molar-refractivity contribution in [1.82, 2.24) is 5.43 Å². The first-order valence-electron chi connectivity index (χ1n) is 8.10. The number of hydrogen-bond donors (Lipinski definition) is 3. The molecule has 0 aromatic heterocycles. The molecule has 8 heteroatoms. The third kappa shape index (κ3) is 6.04. The van der Waals surface area contributed by atoms with Gasteiger partial charge in [-0.2, -0.15) is 0 Å². The molecule has 1 saturated heterocycles. The maximum atomic E-state index is 12.1. The van der Waals surface area contributed by atoms with Gasteiger partial charge in [0.25, 0.3) is 11.8 Å². The summed E-state index contributed by atoms with van der Waals surface area (Å²) in [5.74, 6) is -3.29. The summed E-state index contributed by atoms with van der Waals surface area (Å²) in [5, 5.41) is 17.4. The van der Waals surface area contributed by atoms with Gasteiger partial charge in [0.2, 0.25) is 0 Å². The van der Waals surface area contributed by atoms with Crippen LogP contribution in [-0.2, 0) is 19.2 Å². The first kappa shape index (κ1) is 20.9. The minimum Gasteiger partial charge on any atom is -0.481 e. The number of amides is 2. The van der Waals surface area contributed by atoms with E-state index in [0.29, 0.717) is 12.1 Å². The molecule has 1 aliphatic heterocycles. The average Bonchev–Trinajstić information content (AvgIpc) is 2.88. The van der Waals surface area contributed by atoms with Gasteiger partial charge < -0.3 is 10.2 Å². The van der Waals surface area contributed by atoms with E-state index in [9.17, 15) is 19.2 Å². The molecule has 0 bridgehead atoms. The zero-order chi connectivity index (χ0) is 19.7. The molecule has 0 radical (unpaired) electrons. The molecule has 1 aliphatic rings. The zero-order valence-electron chi connectivity index (χ0n) is 14.5. The number of anilines is 1. The second-order valence-electron chi connectivity index (χ2n) is 5.66. The molecule has 26 heavy (non-hydrogen) atoms. The lowest BCUT2D eigenvalue weighted by molar-refractivity contribution is -0.139. The van der Waals surface area contributed by atoms with Crippen LogP contribution in [-0.4, -0.2) is 34.0 Å². The van der Waals surface area contributed by atoms with Crippen molar-refractivity contribution in [2.24, 2.45) is 5.92 Å². The van der Waals surface area contributed by atoms with Crippen molar-refractivity contribution in [2.45, 2.75) is 32.6 Å². The number of unbranched alkanes of at least 4 members (excludes halogenated alkanes) is 1. The van der Waals surface area contributed by atoms with Crippen LogP contribution in [0.3, 0.4) is 0 Å². The summed E-state index contributed by atoms with van der Waals surface area (Å²) in [5.41, 5.74) is 3.03. The molecular weight excluding hydrogens is 340 g/mol. The molecule has 2 rings (SSSR count). The lowest BCUT2D eigenvalue weighted by Gasteiger charge is -2.14. The SMILES string of the molecule is C=C(CC(=O)O)C(=O)O.CCCCC1C(=O)NN(c2ccccc2)C1=O. The molecule has 8 nitrogen and oxygen atoms in total. The van der Waals surface area contributed by atoms with Gasteiger partial charge in [-0.25, -0.2) is 9.80 Å². The number of carbonyl (C=O) groups excluding carboxylic acids is 2. The highest BCUT2D eigenvalue weighted by Crippen LogP contribution is 2.22. The van der Waals surface area contributed by atoms with Gasteiger partial charge in [-0.15, -0.1) is 0 Å². The number of hydrogen-bond acceptors (Lipinski definition) is 4. The van der Waals surface area contributed by atoms with Gasteiger partial charge in [0, 0.05) is 5.57 Å². The topological polar surface area (TPSA) is 124 Å². The Bertz CT molecular complexity index is 686. The molecule has 0 spiro atoms. The number of benzene rings is 1. The molecule has 0 aliphatic carbocycles. The van der Waals surface area contributed by atoms with Crippen LogP contribution in [0.15, 0.2) is 42.5 Å². The Morgan fingerprint density at radius 3 is 2.27 bits per heavy atom. The Balaban J connectivity index is 0.000000321. The summed E-state index contributed by atoms with van der Waals surface area (Å²) in [4.78, 5) is 43.4. The summed E-state index contributed by atoms with van der Waals surface area (Å²) in [6, 6.07) is 9.17. The molecule has 3 N–H and O–H groups in total. The molecule has 140 valence electrons. The highest BCUT2D eigenvalue weighted by Gasteiger charge is 2.39. The molecule has 1 aromatic rings. The maximum absolute atomic E-state index is 12.1. The van der Waals surface area contributed by atoms with Crippen LogP contribution in [0.5, 0.6) is 0 Å². The predicted octanol–water partition coefficient (Wildman–Crippen LogP) is 1.97. The fourth-order valence-corrected chi connectivity index (χ4v) is 2.20. The van der Waals surface area contributed by atoms with Gasteiger partial charge in [0.15, 0.2) is 0 Å². The Hall–Kier alpha value is -3.16. The van der Waals surface area contributed by atoms with E-state index in [0.717, 1.165) is 12.8 Å². The van der Waals surface area contributed by atoms with Crippen molar-refractivity contribution in [3.05, 3.63) is 42.5 Å². The number of nitrogens with one attached hydrogen (secondary N) is 1. The van der Waals surface area contributed by atoms with Crippen molar-refractivity contribution >= 4 is 29.4 Å². The number of carboxylic acids is 2. The van der Waals surface area contributed by atoms with Crippen molar-refractivity contribution in [3.63, 3.8) is 0 Å². The van der Waals surface area contributed by atoms with Crippen LogP contribution in [0.4, 0.5) is 5.69 Å². The molecule has 1 heterocycles. The lowest BCUT2D eigenvalue weighted by Crippen LogP contribution is -2.35. The van der Waals surface area contributed by atoms with Crippen LogP contribution in [0.1, 0.15) is 32.6 Å². The quantitative estimate of drug-likeness (QED) is 0.503. The van der Waals surface area contributed by atoms with Crippen molar-refractivity contribution in [1.29, 1.82) is 0 Å². The van der Waals surface area contributed by atoms with Gasteiger partial charge >= 0.3 is 11.9 Å². The largest absolute Gasteiger partial charge is 0.481 e. The second kappa shape index (κ2) is 9.97. The van der Waals surface area contributed by atoms with E-state index in [2.05, 4.69) is 12.0 Å². The summed E-state index contributed by atoms with van der Waals surface area (Å²) in [7, 11) is 0. The van der Waals surface area contributed by atoms with Crippen molar-refractivity contribution < 1.29 is 29.4 Å². The first-order valence-corrected chi connectivity index (χ1v) is 8.10. The van der Waals surface area contributed by atoms with Gasteiger partial charge in [0.1, 0.15) is 5.92 Å². The normalized spacial score (nSPS) is 15.7. The van der Waals surface area contributed by atoms with Crippen molar-refractivity contribution in [3.8, 4) is 0 Å². The molecular formula is C18H22N2O6. The Morgan fingerprint density at radius 1 is 1.19 bits per heavy atom. The van der Waals surface area contributed by atoms with Gasteiger partial charge in [-0.05, 0) is 18.6 Å². The number of rotatable bonds is 7. The Morgan fingerprint density at radius 2 is 1.81 bits per heavy atom. The number of aliphatic carboxylic acids is 2. The summed E-state index contributed by atoms with van der Waals surface area (Å²) >= 11 is 0. The summed E-state index contributed by atoms with van der Waals surface area (Å²) < 4.78 is 0. The zero-order valence-corrected chi connectivity index (χ0v) is 14.5. The molecule has 1 unspecified atom stereocenters. The molecule has 2 amide bonds. The van der Waals surface area contributed by atoms with Crippen molar-refractivity contribution in [2.75, 3.05) is 5.01 Å². The number of hydrazine groups is 1. The predicted molar refractivity (Wildman–Crippen MR) is 94.1 cm³/mol. The third-order valence-electron chi connectivity index (χ3n) is 3.58. The van der Waals surface area contributed by atoms with E-state index in [-0.39, 0.29) is 17.4 Å². The lowest BCUT2D eigenvalue weighted by atomic mass is 10.0. The molecule has 0 saturated carbocycles. The maximum Gasteiger partial charge on any atom is 0.331 e. The molecule has 1 aromatic carbocycles. The average molecular weight is 362 g/mol. The fourth-order valence-electron chi connectivity index (χ4n) is 2.20. The van der Waals surface area contributed by atoms with E-state index < -0.39 is 24.3 Å². The van der Waals surface area contributed by atoms with E-state index >= 15 is 0 Å². The summed E-state index contributed by atoms with van der Waals surface area (Å²) in [6.45, 7) is 5.06. The third-order valence-corrected chi connectivity index (χ3v) is 3.58. The van der Waals surface area contributed by atoms with Gasteiger partial charge in [-0.1, -0.05) is 44.5 Å². The van der Waals surface area contributed by atoms with Crippen LogP contribution in [0.2, 0.25) is 0 Å². The van der Waals surface area contributed by atoms with E-state index in [4.69, 9.17) is 10.2 Å². The van der Waals surface area contributed by atoms with E-state index in [1.807, 2.05) is 25.1 Å². The first-order chi connectivity index (χ1) is 12.3. The molecule has 1 fully saturated rings. The van der Waals surface area contributed by atoms with E-state index in [1.165, 1.54) is 5.01 Å². The Labute approximate surface area is 151 Å². The molecule has 1 atom stereocenters. The minimum absolute atomic E-state index is 0.144. The Kier molecular flexibility index (Phi) is 8.01. The fraction of sp³-hybridized carbons (Fsp3) is 0.333. The van der Waals surface area contributed by atoms with Gasteiger partial charge in [-0.3, -0.25) is 19.8 Å². The van der Waals surface area contributed by atoms with E-state index in [1.54, 1.807) is 12.1 Å². The standard InChI is InChI=1S/C13H16N2O2.C5H6O4/c1-2-3-9-11-12(16)14-15(13(11)17)10-7-5-4-6-8-10;1-3(5(8)9)2-4(6)7/h4-8,11H,2-3,9H2,1H3,(H,14,16);1-2H2,(H,6,7)(H,8,9). The number of carboxylic acid groups (broad SMARTS) is 2. The van der Waals surface area contributed by atoms with Crippen LogP contribution >= 0.6 is 0 Å². The summed E-state index contributed by atoms with van der Waals surface area (Å²) in [6.07, 6.45) is 2.01. The number of para-hydroxylation sites is 1. The van der Waals surface area contributed by atoms with Crippen LogP contribution in [0.25, 0.3) is 0 Å². The van der Waals surface area contributed by atoms with Crippen LogP contribution in [0, 0.1) is 5.92 Å². The highest BCUT2D eigenvalue weighted by atomic mass is 16.4. The monoisotopic (exact) mass is 362 g/mol. The van der Waals surface area contributed by atoms with Gasteiger partial charge in [0.05, 0.1) is 12.1 Å².